The van der Waals surface area contributed by atoms with E-state index >= 15 is 0 Å². The van der Waals surface area contributed by atoms with Crippen LogP contribution in [0.1, 0.15) is 30.9 Å². The fraction of sp³-hybridized carbons (Fsp3) is 0.579. The zero-order valence-electron chi connectivity index (χ0n) is 15.2. The van der Waals surface area contributed by atoms with Crippen molar-refractivity contribution >= 4 is 35.8 Å². The number of rotatable bonds is 2. The van der Waals surface area contributed by atoms with E-state index in [1.54, 1.807) is 7.05 Å². The number of halogens is 1. The normalized spacial score (nSPS) is 18.4. The summed E-state index contributed by atoms with van der Waals surface area (Å²) in [6, 6.07) is 8.40. The summed E-state index contributed by atoms with van der Waals surface area (Å²) in [4.78, 5) is 21.1. The Morgan fingerprint density at radius 1 is 1.16 bits per heavy atom. The van der Waals surface area contributed by atoms with Crippen molar-refractivity contribution < 1.29 is 4.79 Å². The third kappa shape index (κ3) is 5.09. The zero-order chi connectivity index (χ0) is 16.9. The monoisotopic (exact) mass is 456 g/mol. The van der Waals surface area contributed by atoms with E-state index in [2.05, 4.69) is 40.3 Å². The summed E-state index contributed by atoms with van der Waals surface area (Å²) >= 11 is 0. The van der Waals surface area contributed by atoms with Gasteiger partial charge in [-0.25, -0.2) is 0 Å². The van der Waals surface area contributed by atoms with Crippen LogP contribution in [-0.4, -0.2) is 54.9 Å². The molecule has 0 aromatic heterocycles. The molecular weight excluding hydrogens is 427 g/mol. The smallest absolute Gasteiger partial charge is 0.242 e. The first-order valence-electron chi connectivity index (χ1n) is 8.97. The van der Waals surface area contributed by atoms with Crippen molar-refractivity contribution in [2.24, 2.45) is 10.9 Å². The molecule has 0 bridgehead atoms. The lowest BCUT2D eigenvalue weighted by Crippen LogP contribution is -2.49. The number of piperidine rings is 1. The van der Waals surface area contributed by atoms with Gasteiger partial charge in [0.15, 0.2) is 5.96 Å². The van der Waals surface area contributed by atoms with Crippen LogP contribution in [0.3, 0.4) is 0 Å². The molecule has 1 fully saturated rings. The molecule has 3 rings (SSSR count). The topological polar surface area (TPSA) is 47.9 Å². The van der Waals surface area contributed by atoms with E-state index in [4.69, 9.17) is 0 Å². The van der Waals surface area contributed by atoms with E-state index < -0.39 is 0 Å². The summed E-state index contributed by atoms with van der Waals surface area (Å²) in [7, 11) is 1.79. The number of aliphatic imine (C=N–C) groups is 1. The number of amides is 1. The number of carbonyl (C=O) groups excluding carboxylic acids is 1. The molecule has 2 aliphatic rings. The summed E-state index contributed by atoms with van der Waals surface area (Å²) in [5, 5.41) is 3.26. The molecular formula is C19H29IN4O. The molecule has 1 aromatic rings. The molecule has 5 nitrogen and oxygen atoms in total. The lowest BCUT2D eigenvalue weighted by molar-refractivity contribution is -0.130. The van der Waals surface area contributed by atoms with Crippen LogP contribution >= 0.6 is 24.0 Å². The largest absolute Gasteiger partial charge is 0.347 e. The van der Waals surface area contributed by atoms with Gasteiger partial charge in [-0.1, -0.05) is 31.2 Å². The molecule has 0 radical (unpaired) electrons. The SMILES string of the molecule is CN=C(NCC(=O)N1CCc2ccccc2C1)N1CCC(C)CC1.I. The van der Waals surface area contributed by atoms with Gasteiger partial charge in [-0.3, -0.25) is 9.79 Å². The highest BCUT2D eigenvalue weighted by Gasteiger charge is 2.22. The second-order valence-electron chi connectivity index (χ2n) is 6.90. The molecule has 6 heteroatoms. The van der Waals surface area contributed by atoms with Gasteiger partial charge < -0.3 is 15.1 Å². The third-order valence-electron chi connectivity index (χ3n) is 5.18. The predicted molar refractivity (Wildman–Crippen MR) is 112 cm³/mol. The number of nitrogens with zero attached hydrogens (tertiary/aromatic N) is 3. The fourth-order valence-electron chi connectivity index (χ4n) is 3.53. The number of hydrogen-bond acceptors (Lipinski definition) is 2. The van der Waals surface area contributed by atoms with Crippen molar-refractivity contribution in [3.05, 3.63) is 35.4 Å². The number of guanidine groups is 1. The third-order valence-corrected chi connectivity index (χ3v) is 5.18. The number of likely N-dealkylation sites (tertiary alicyclic amines) is 1. The van der Waals surface area contributed by atoms with Gasteiger partial charge in [-0.2, -0.15) is 0 Å². The van der Waals surface area contributed by atoms with E-state index in [-0.39, 0.29) is 29.9 Å². The molecule has 1 amide bonds. The van der Waals surface area contributed by atoms with Crippen LogP contribution in [0.4, 0.5) is 0 Å². The van der Waals surface area contributed by atoms with E-state index in [1.807, 2.05) is 11.0 Å². The summed E-state index contributed by atoms with van der Waals surface area (Å²) in [5.41, 5.74) is 2.64. The molecule has 2 heterocycles. The Labute approximate surface area is 167 Å². The summed E-state index contributed by atoms with van der Waals surface area (Å²) in [5.74, 6) is 1.79. The minimum Gasteiger partial charge on any atom is -0.347 e. The Bertz CT molecular complexity index is 611. The minimum atomic E-state index is 0. The Hall–Kier alpha value is -1.31. The molecule has 1 saturated heterocycles. The highest BCUT2D eigenvalue weighted by atomic mass is 127. The van der Waals surface area contributed by atoms with Gasteiger partial charge in [-0.15, -0.1) is 24.0 Å². The van der Waals surface area contributed by atoms with Crippen molar-refractivity contribution in [1.29, 1.82) is 0 Å². The maximum Gasteiger partial charge on any atom is 0.242 e. The van der Waals surface area contributed by atoms with Crippen LogP contribution in [0.2, 0.25) is 0 Å². The van der Waals surface area contributed by atoms with E-state index in [1.165, 1.54) is 24.0 Å². The van der Waals surface area contributed by atoms with Crippen molar-refractivity contribution in [3.63, 3.8) is 0 Å². The molecule has 0 unspecified atom stereocenters. The van der Waals surface area contributed by atoms with Crippen LogP contribution in [0.5, 0.6) is 0 Å². The highest BCUT2D eigenvalue weighted by molar-refractivity contribution is 14.0. The van der Waals surface area contributed by atoms with Gasteiger partial charge in [0.05, 0.1) is 6.54 Å². The molecule has 1 aromatic carbocycles. The van der Waals surface area contributed by atoms with E-state index in [0.717, 1.165) is 44.5 Å². The Morgan fingerprint density at radius 2 is 1.84 bits per heavy atom. The number of fused-ring (bicyclic) bond motifs is 1. The lowest BCUT2D eigenvalue weighted by Gasteiger charge is -2.33. The first-order valence-corrected chi connectivity index (χ1v) is 8.97. The van der Waals surface area contributed by atoms with Gasteiger partial charge in [0.2, 0.25) is 5.91 Å². The predicted octanol–water partition coefficient (Wildman–Crippen LogP) is 2.50. The summed E-state index contributed by atoms with van der Waals surface area (Å²) in [6.45, 7) is 6.18. The number of nitrogens with one attached hydrogen (secondary N) is 1. The number of benzene rings is 1. The van der Waals surface area contributed by atoms with E-state index in [0.29, 0.717) is 6.54 Å². The van der Waals surface area contributed by atoms with Gasteiger partial charge in [-0.05, 0) is 36.3 Å². The average molecular weight is 456 g/mol. The van der Waals surface area contributed by atoms with Crippen LogP contribution in [0, 0.1) is 5.92 Å². The quantitative estimate of drug-likeness (QED) is 0.423. The van der Waals surface area contributed by atoms with Crippen LogP contribution in [0.15, 0.2) is 29.3 Å². The minimum absolute atomic E-state index is 0. The average Bonchev–Trinajstić information content (AvgIpc) is 2.63. The lowest BCUT2D eigenvalue weighted by atomic mass is 9.99. The highest BCUT2D eigenvalue weighted by Crippen LogP contribution is 2.18. The van der Waals surface area contributed by atoms with Gasteiger partial charge in [0.1, 0.15) is 0 Å². The molecule has 0 atom stereocenters. The van der Waals surface area contributed by atoms with E-state index in [9.17, 15) is 4.79 Å². The van der Waals surface area contributed by atoms with Crippen LogP contribution < -0.4 is 5.32 Å². The standard InChI is InChI=1S/C19H28N4O.HI/c1-15-7-10-22(11-8-15)19(20-2)21-13-18(24)23-12-9-16-5-3-4-6-17(16)14-23;/h3-6,15H,7-14H2,1-2H3,(H,20,21);1H. The number of carbonyl (C=O) groups is 1. The summed E-state index contributed by atoms with van der Waals surface area (Å²) in [6.07, 6.45) is 3.33. The Balaban J connectivity index is 0.00000225. The molecule has 25 heavy (non-hydrogen) atoms. The first kappa shape index (κ1) is 20.0. The molecule has 0 saturated carbocycles. The zero-order valence-corrected chi connectivity index (χ0v) is 17.5. The molecule has 0 spiro atoms. The molecule has 1 N–H and O–H groups in total. The Kier molecular flexibility index (Phi) is 7.53. The van der Waals surface area contributed by atoms with Crippen LogP contribution in [0.25, 0.3) is 0 Å². The van der Waals surface area contributed by atoms with Gasteiger partial charge in [0.25, 0.3) is 0 Å². The molecule has 0 aliphatic carbocycles. The Morgan fingerprint density at radius 3 is 2.52 bits per heavy atom. The number of hydrogen-bond donors (Lipinski definition) is 1. The van der Waals surface area contributed by atoms with Crippen LogP contribution in [-0.2, 0) is 17.8 Å². The molecule has 138 valence electrons. The van der Waals surface area contributed by atoms with Crippen molar-refractivity contribution in [3.8, 4) is 0 Å². The molecule has 2 aliphatic heterocycles. The summed E-state index contributed by atoms with van der Waals surface area (Å²) < 4.78 is 0. The maximum absolute atomic E-state index is 12.6. The van der Waals surface area contributed by atoms with Gasteiger partial charge >= 0.3 is 0 Å². The van der Waals surface area contributed by atoms with Gasteiger partial charge in [0, 0.05) is 33.2 Å². The maximum atomic E-state index is 12.6. The first-order chi connectivity index (χ1) is 11.7. The van der Waals surface area contributed by atoms with Crippen molar-refractivity contribution in [2.45, 2.75) is 32.7 Å². The second kappa shape index (κ2) is 9.40. The van der Waals surface area contributed by atoms with Crippen molar-refractivity contribution in [1.82, 2.24) is 15.1 Å². The van der Waals surface area contributed by atoms with Crippen molar-refractivity contribution in [2.75, 3.05) is 33.2 Å². The second-order valence-corrected chi connectivity index (χ2v) is 6.90. The fourth-order valence-corrected chi connectivity index (χ4v) is 3.53.